The summed E-state index contributed by atoms with van der Waals surface area (Å²) in [5.41, 5.74) is -0.761. The lowest BCUT2D eigenvalue weighted by molar-refractivity contribution is 0.0271. The van der Waals surface area contributed by atoms with Crippen molar-refractivity contribution in [2.75, 3.05) is 13.1 Å². The molecule has 0 radical (unpaired) electrons. The molecular weight excluding hydrogens is 280 g/mol. The van der Waals surface area contributed by atoms with Gasteiger partial charge in [-0.3, -0.25) is 4.90 Å². The topological polar surface area (TPSA) is 72.0 Å². The van der Waals surface area contributed by atoms with Crippen LogP contribution in [-0.2, 0) is 20.1 Å². The second kappa shape index (κ2) is 5.16. The van der Waals surface area contributed by atoms with Gasteiger partial charge in [0.15, 0.2) is 0 Å². The van der Waals surface area contributed by atoms with Crippen LogP contribution in [-0.4, -0.2) is 53.2 Å². The number of hydrogen-bond acceptors (Lipinski definition) is 5. The van der Waals surface area contributed by atoms with Gasteiger partial charge >= 0.3 is 0 Å². The Morgan fingerprint density at radius 2 is 2.35 bits per heavy atom. The van der Waals surface area contributed by atoms with Gasteiger partial charge in [-0.1, -0.05) is 16.8 Å². The average Bonchev–Trinajstić information content (AvgIpc) is 3.09. The predicted molar refractivity (Wildman–Crippen MR) is 73.1 cm³/mol. The minimum atomic E-state index is -0.761. The molecule has 20 heavy (non-hydrogen) atoms. The molecule has 1 fully saturated rings. The number of rotatable bonds is 4. The van der Waals surface area contributed by atoms with Gasteiger partial charge in [-0.15, -0.1) is 5.10 Å². The second-order valence-corrected chi connectivity index (χ2v) is 5.73. The van der Waals surface area contributed by atoms with E-state index < -0.39 is 5.60 Å². The smallest absolute Gasteiger partial charge is 0.128 e. The highest BCUT2D eigenvalue weighted by molar-refractivity contribution is 6.29. The van der Waals surface area contributed by atoms with Crippen LogP contribution in [0.2, 0.25) is 5.15 Å². The summed E-state index contributed by atoms with van der Waals surface area (Å²) in [5, 5.41) is 18.9. The molecule has 0 amide bonds. The molecule has 0 bridgehead atoms. The largest absolute Gasteiger partial charge is 0.387 e. The third-order valence-electron chi connectivity index (χ3n) is 3.73. The summed E-state index contributed by atoms with van der Waals surface area (Å²) in [4.78, 5) is 6.46. The molecule has 108 valence electrons. The van der Waals surface area contributed by atoms with Crippen molar-refractivity contribution in [3.05, 3.63) is 29.6 Å². The molecule has 1 atom stereocenters. The van der Waals surface area contributed by atoms with E-state index in [1.807, 2.05) is 11.6 Å². The number of imidazole rings is 1. The maximum atomic E-state index is 10.6. The quantitative estimate of drug-likeness (QED) is 0.879. The first kappa shape index (κ1) is 13.5. The van der Waals surface area contributed by atoms with Crippen molar-refractivity contribution < 1.29 is 5.11 Å². The Morgan fingerprint density at radius 3 is 3.00 bits per heavy atom. The summed E-state index contributed by atoms with van der Waals surface area (Å²) in [6.07, 6.45) is 5.74. The summed E-state index contributed by atoms with van der Waals surface area (Å²) in [7, 11) is 1.89. The first-order valence-electron chi connectivity index (χ1n) is 6.51. The molecular formula is C12H17ClN6O. The number of likely N-dealkylation sites (tertiary alicyclic amines) is 1. The molecule has 0 spiro atoms. The minimum Gasteiger partial charge on any atom is -0.387 e. The van der Waals surface area contributed by atoms with Crippen molar-refractivity contribution >= 4 is 11.6 Å². The van der Waals surface area contributed by atoms with Crippen molar-refractivity contribution in [2.24, 2.45) is 7.05 Å². The number of aliphatic hydroxyl groups is 1. The average molecular weight is 297 g/mol. The summed E-state index contributed by atoms with van der Waals surface area (Å²) in [6, 6.07) is 0. The highest BCUT2D eigenvalue weighted by atomic mass is 35.5. The maximum Gasteiger partial charge on any atom is 0.128 e. The van der Waals surface area contributed by atoms with Gasteiger partial charge in [0.2, 0.25) is 0 Å². The number of aromatic nitrogens is 5. The number of hydrogen-bond donors (Lipinski definition) is 1. The zero-order valence-electron chi connectivity index (χ0n) is 11.3. The molecule has 1 unspecified atom stereocenters. The van der Waals surface area contributed by atoms with E-state index >= 15 is 0 Å². The molecule has 8 heteroatoms. The molecule has 1 saturated heterocycles. The minimum absolute atomic E-state index is 0.463. The van der Waals surface area contributed by atoms with Gasteiger partial charge in [0, 0.05) is 26.3 Å². The SMILES string of the molecule is Cn1c(Cl)cnc1CN1CCC(O)(Cn2ccnn2)C1. The number of nitrogens with zero attached hydrogens (tertiary/aromatic N) is 6. The molecule has 1 N–H and O–H groups in total. The van der Waals surface area contributed by atoms with Gasteiger partial charge in [-0.25, -0.2) is 9.67 Å². The van der Waals surface area contributed by atoms with E-state index in [1.165, 1.54) is 0 Å². The summed E-state index contributed by atoms with van der Waals surface area (Å²) >= 11 is 5.98. The van der Waals surface area contributed by atoms with E-state index in [4.69, 9.17) is 11.6 Å². The Labute approximate surface area is 121 Å². The third-order valence-corrected chi connectivity index (χ3v) is 4.08. The predicted octanol–water partition coefficient (Wildman–Crippen LogP) is 0.302. The standard InChI is InChI=1S/C12H17ClN6O/c1-17-10(13)6-14-11(17)7-18-4-2-12(20,8-18)9-19-5-3-15-16-19/h3,5-6,20H,2,4,7-9H2,1H3. The molecule has 0 saturated carbocycles. The van der Waals surface area contributed by atoms with E-state index in [9.17, 15) is 5.11 Å². The number of halogens is 1. The maximum absolute atomic E-state index is 10.6. The molecule has 7 nitrogen and oxygen atoms in total. The zero-order valence-corrected chi connectivity index (χ0v) is 12.0. The van der Waals surface area contributed by atoms with Crippen LogP contribution in [0.25, 0.3) is 0 Å². The normalized spacial score (nSPS) is 23.6. The summed E-state index contributed by atoms with van der Waals surface area (Å²) in [6.45, 7) is 2.57. The van der Waals surface area contributed by atoms with Crippen LogP contribution < -0.4 is 0 Å². The third kappa shape index (κ3) is 2.70. The lowest BCUT2D eigenvalue weighted by atomic mass is 10.0. The fraction of sp³-hybridized carbons (Fsp3) is 0.583. The molecule has 2 aromatic heterocycles. The van der Waals surface area contributed by atoms with Gasteiger partial charge in [0.05, 0.1) is 31.1 Å². The monoisotopic (exact) mass is 296 g/mol. The molecule has 3 heterocycles. The lowest BCUT2D eigenvalue weighted by Crippen LogP contribution is -2.37. The fourth-order valence-corrected chi connectivity index (χ4v) is 2.74. The Kier molecular flexibility index (Phi) is 3.49. The van der Waals surface area contributed by atoms with Crippen LogP contribution in [0.1, 0.15) is 12.2 Å². The van der Waals surface area contributed by atoms with Crippen LogP contribution in [0.4, 0.5) is 0 Å². The molecule has 1 aliphatic heterocycles. The summed E-state index contributed by atoms with van der Waals surface area (Å²) < 4.78 is 3.53. The zero-order chi connectivity index (χ0) is 14.2. The van der Waals surface area contributed by atoms with E-state index in [2.05, 4.69) is 20.2 Å². The summed E-state index contributed by atoms with van der Waals surface area (Å²) in [5.74, 6) is 0.903. The van der Waals surface area contributed by atoms with Crippen LogP contribution in [0, 0.1) is 0 Å². The van der Waals surface area contributed by atoms with E-state index in [1.54, 1.807) is 23.3 Å². The van der Waals surface area contributed by atoms with Gasteiger partial charge in [0.1, 0.15) is 11.0 Å². The van der Waals surface area contributed by atoms with Crippen LogP contribution >= 0.6 is 11.6 Å². The van der Waals surface area contributed by atoms with E-state index in [0.717, 1.165) is 12.4 Å². The highest BCUT2D eigenvalue weighted by Gasteiger charge is 2.37. The van der Waals surface area contributed by atoms with Crippen molar-refractivity contribution in [1.82, 2.24) is 29.4 Å². The second-order valence-electron chi connectivity index (χ2n) is 5.34. The molecule has 0 aliphatic carbocycles. The lowest BCUT2D eigenvalue weighted by Gasteiger charge is -2.23. The molecule has 3 rings (SSSR count). The Balaban J connectivity index is 1.63. The van der Waals surface area contributed by atoms with Crippen LogP contribution in [0.15, 0.2) is 18.6 Å². The number of β-amino-alcohol motifs (C(OH)–C–C–N with tert-alkyl or cyclic N) is 1. The molecule has 0 aromatic carbocycles. The van der Waals surface area contributed by atoms with Gasteiger partial charge in [-0.05, 0) is 6.42 Å². The highest BCUT2D eigenvalue weighted by Crippen LogP contribution is 2.24. The Bertz CT molecular complexity index is 583. The Morgan fingerprint density at radius 1 is 1.50 bits per heavy atom. The van der Waals surface area contributed by atoms with Crippen LogP contribution in [0.5, 0.6) is 0 Å². The Hall–Kier alpha value is -1.44. The van der Waals surface area contributed by atoms with E-state index in [-0.39, 0.29) is 0 Å². The van der Waals surface area contributed by atoms with Gasteiger partial charge in [-0.2, -0.15) is 0 Å². The first-order chi connectivity index (χ1) is 9.56. The van der Waals surface area contributed by atoms with E-state index in [0.29, 0.717) is 31.2 Å². The fourth-order valence-electron chi connectivity index (χ4n) is 2.59. The molecule has 1 aliphatic rings. The van der Waals surface area contributed by atoms with Gasteiger partial charge < -0.3 is 9.67 Å². The van der Waals surface area contributed by atoms with Gasteiger partial charge in [0.25, 0.3) is 0 Å². The van der Waals surface area contributed by atoms with Crippen molar-refractivity contribution in [3.8, 4) is 0 Å². The first-order valence-corrected chi connectivity index (χ1v) is 6.88. The van der Waals surface area contributed by atoms with Crippen molar-refractivity contribution in [1.29, 1.82) is 0 Å². The molecule has 2 aromatic rings. The van der Waals surface area contributed by atoms with Crippen LogP contribution in [0.3, 0.4) is 0 Å². The van der Waals surface area contributed by atoms with Crippen molar-refractivity contribution in [3.63, 3.8) is 0 Å². The van der Waals surface area contributed by atoms with Crippen molar-refractivity contribution in [2.45, 2.75) is 25.1 Å².